The SMILES string of the molecule is CCOCCOCCOCCOc1ccc(S(=O)(=O)N[C@H](c2ccccc2)[C@H](NCCCc2ccc(OC)cc2)c2ccccc2)cc1.[Cl-].[Cl-].[Cl-].[Cl-].[Ru+4]. The van der Waals surface area contributed by atoms with E-state index in [4.69, 9.17) is 23.7 Å². The van der Waals surface area contributed by atoms with Gasteiger partial charge in [0.25, 0.3) is 0 Å². The number of rotatable bonds is 23. The minimum Gasteiger partial charge on any atom is -1.00 e. The fourth-order valence-electron chi connectivity index (χ4n) is 5.17. The quantitative estimate of drug-likeness (QED) is 0.0562. The average molecular weight is 920 g/mol. The molecule has 4 rings (SSSR count). The van der Waals surface area contributed by atoms with Gasteiger partial charge in [0.2, 0.25) is 10.0 Å². The van der Waals surface area contributed by atoms with Gasteiger partial charge in [-0.05, 0) is 79.4 Å². The van der Waals surface area contributed by atoms with Crippen molar-refractivity contribution in [3.05, 3.63) is 126 Å². The van der Waals surface area contributed by atoms with E-state index in [9.17, 15) is 8.42 Å². The molecule has 0 bridgehead atoms. The number of ether oxygens (including phenoxy) is 5. The van der Waals surface area contributed by atoms with E-state index in [1.807, 2.05) is 79.7 Å². The van der Waals surface area contributed by atoms with E-state index in [0.717, 1.165) is 29.7 Å². The van der Waals surface area contributed by atoms with E-state index in [-0.39, 0.29) is 80.0 Å². The molecule has 0 aliphatic heterocycles. The Bertz CT molecular complexity index is 1570. The second kappa shape index (κ2) is 30.3. The number of hydrogen-bond acceptors (Lipinski definition) is 8. The summed E-state index contributed by atoms with van der Waals surface area (Å²) in [6, 6.07) is 33.3. The Morgan fingerprint density at radius 2 is 1.09 bits per heavy atom. The van der Waals surface area contributed by atoms with Crippen molar-refractivity contribution in [3.63, 3.8) is 0 Å². The van der Waals surface area contributed by atoms with Crippen LogP contribution in [0, 0.1) is 0 Å². The van der Waals surface area contributed by atoms with Gasteiger partial charge in [-0.1, -0.05) is 72.8 Å². The van der Waals surface area contributed by atoms with Crippen LogP contribution in [-0.4, -0.2) is 68.3 Å². The molecule has 0 saturated carbocycles. The summed E-state index contributed by atoms with van der Waals surface area (Å²) < 4.78 is 57.9. The maximum atomic E-state index is 13.8. The monoisotopic (exact) mass is 918 g/mol. The number of hydrogen-bond donors (Lipinski definition) is 2. The summed E-state index contributed by atoms with van der Waals surface area (Å²) in [6.07, 6.45) is 1.75. The molecule has 53 heavy (non-hydrogen) atoms. The van der Waals surface area contributed by atoms with Crippen LogP contribution in [0.4, 0.5) is 0 Å². The molecule has 294 valence electrons. The summed E-state index contributed by atoms with van der Waals surface area (Å²) in [5.41, 5.74) is 3.06. The molecule has 0 amide bonds. The van der Waals surface area contributed by atoms with Crippen molar-refractivity contribution in [3.8, 4) is 11.5 Å². The first-order valence-electron chi connectivity index (χ1n) is 16.4. The normalized spacial score (nSPS) is 11.6. The van der Waals surface area contributed by atoms with Gasteiger partial charge in [0.05, 0.1) is 57.1 Å². The van der Waals surface area contributed by atoms with E-state index in [1.165, 1.54) is 5.56 Å². The zero-order valence-electron chi connectivity index (χ0n) is 29.7. The Labute approximate surface area is 353 Å². The standard InChI is InChI=1S/C38H48N2O7S.4ClH.Ru/c1-3-44-25-26-45-27-28-46-29-30-47-35-20-22-36(23-21-35)48(41,42)40-38(33-14-8-5-9-15-33)37(32-12-6-4-7-13-32)39-24-10-11-31-16-18-34(43-2)19-17-31;;;;;/h4-9,12-23,37-40H,3,10-11,24-30H2,1-2H3;4*1H;/q;;;;;+4/p-4/t37-,38-;;;;;/m1...../s1. The van der Waals surface area contributed by atoms with Gasteiger partial charge in [-0.15, -0.1) is 0 Å². The van der Waals surface area contributed by atoms with Crippen molar-refractivity contribution in [1.82, 2.24) is 10.0 Å². The Hall–Kier alpha value is -1.99. The summed E-state index contributed by atoms with van der Waals surface area (Å²) in [5, 5.41) is 3.67. The van der Waals surface area contributed by atoms with Crippen LogP contribution in [-0.2, 0) is 50.1 Å². The van der Waals surface area contributed by atoms with Crippen LogP contribution in [0.2, 0.25) is 0 Å². The molecule has 2 atom stereocenters. The number of methoxy groups -OCH3 is 1. The maximum Gasteiger partial charge on any atom is 4.00 e. The molecule has 0 aliphatic rings. The summed E-state index contributed by atoms with van der Waals surface area (Å²) in [4.78, 5) is 0.155. The van der Waals surface area contributed by atoms with Crippen molar-refractivity contribution < 1.29 is 101 Å². The largest absolute Gasteiger partial charge is 4.00 e. The van der Waals surface area contributed by atoms with Crippen LogP contribution >= 0.6 is 0 Å². The van der Waals surface area contributed by atoms with Gasteiger partial charge in [-0.25, -0.2) is 13.1 Å². The zero-order valence-corrected chi connectivity index (χ0v) is 35.3. The van der Waals surface area contributed by atoms with Crippen molar-refractivity contribution in [1.29, 1.82) is 0 Å². The molecular formula is C38H48Cl4N2O7RuS. The van der Waals surface area contributed by atoms with Crippen LogP contribution in [0.5, 0.6) is 11.5 Å². The molecule has 0 aliphatic carbocycles. The first-order valence-corrected chi connectivity index (χ1v) is 17.9. The molecule has 2 N–H and O–H groups in total. The van der Waals surface area contributed by atoms with Gasteiger partial charge >= 0.3 is 19.5 Å². The van der Waals surface area contributed by atoms with Crippen molar-refractivity contribution in [2.75, 3.05) is 59.9 Å². The molecule has 4 aromatic carbocycles. The first-order chi connectivity index (χ1) is 23.5. The van der Waals surface area contributed by atoms with E-state index in [0.29, 0.717) is 58.5 Å². The molecule has 15 heteroatoms. The molecular weight excluding hydrogens is 871 g/mol. The molecule has 0 unspecified atom stereocenters. The number of nitrogens with one attached hydrogen (secondary N) is 2. The predicted octanol–water partition coefficient (Wildman–Crippen LogP) is -5.86. The topological polar surface area (TPSA) is 104 Å². The first kappa shape index (κ1) is 53.1. The number of sulfonamides is 1. The number of benzene rings is 4. The summed E-state index contributed by atoms with van der Waals surface area (Å²) in [7, 11) is -2.25. The zero-order chi connectivity index (χ0) is 33.9. The number of aryl methyl sites for hydroxylation is 1. The molecule has 0 fully saturated rings. The second-order valence-corrected chi connectivity index (χ2v) is 12.8. The molecule has 0 heterocycles. The molecule has 4 aromatic rings. The van der Waals surface area contributed by atoms with Crippen molar-refractivity contribution >= 4 is 10.0 Å². The Morgan fingerprint density at radius 1 is 0.604 bits per heavy atom. The average Bonchev–Trinajstić information content (AvgIpc) is 3.13. The van der Waals surface area contributed by atoms with Crippen LogP contribution < -0.4 is 69.1 Å². The van der Waals surface area contributed by atoms with Gasteiger partial charge < -0.3 is 78.6 Å². The Balaban J connectivity index is 0. The van der Waals surface area contributed by atoms with E-state index in [2.05, 4.69) is 22.2 Å². The van der Waals surface area contributed by atoms with Crippen LogP contribution in [0.15, 0.2) is 114 Å². The van der Waals surface area contributed by atoms with E-state index in [1.54, 1.807) is 31.4 Å². The van der Waals surface area contributed by atoms with Crippen molar-refractivity contribution in [2.24, 2.45) is 0 Å². The fraction of sp³-hybridized carbons (Fsp3) is 0.368. The second-order valence-electron chi connectivity index (χ2n) is 11.0. The van der Waals surface area contributed by atoms with Gasteiger partial charge in [0.1, 0.15) is 18.1 Å². The van der Waals surface area contributed by atoms with Gasteiger partial charge in [-0.3, -0.25) is 0 Å². The van der Waals surface area contributed by atoms with Crippen LogP contribution in [0.3, 0.4) is 0 Å². The smallest absolute Gasteiger partial charge is 1.00 e. The van der Waals surface area contributed by atoms with Crippen molar-refractivity contribution in [2.45, 2.75) is 36.7 Å². The van der Waals surface area contributed by atoms with Gasteiger partial charge in [0.15, 0.2) is 0 Å². The van der Waals surface area contributed by atoms with Gasteiger partial charge in [-0.2, -0.15) is 0 Å². The Morgan fingerprint density at radius 3 is 1.62 bits per heavy atom. The molecule has 0 spiro atoms. The predicted molar refractivity (Wildman–Crippen MR) is 188 cm³/mol. The molecule has 0 aromatic heterocycles. The van der Waals surface area contributed by atoms with E-state index >= 15 is 0 Å². The minimum absolute atomic E-state index is 0. The van der Waals surface area contributed by atoms with Crippen LogP contribution in [0.1, 0.15) is 42.1 Å². The van der Waals surface area contributed by atoms with Crippen LogP contribution in [0.25, 0.3) is 0 Å². The minimum atomic E-state index is -3.91. The molecule has 0 saturated heterocycles. The Kier molecular flexibility index (Phi) is 30.3. The fourth-order valence-corrected chi connectivity index (χ4v) is 6.41. The maximum absolute atomic E-state index is 13.8. The number of halogens is 4. The third-order valence-electron chi connectivity index (χ3n) is 7.68. The molecule has 0 radical (unpaired) electrons. The third kappa shape index (κ3) is 18.9. The summed E-state index contributed by atoms with van der Waals surface area (Å²) in [6.45, 7) is 6.10. The van der Waals surface area contributed by atoms with Gasteiger partial charge in [0, 0.05) is 6.61 Å². The summed E-state index contributed by atoms with van der Waals surface area (Å²) >= 11 is 0. The molecule has 9 nitrogen and oxygen atoms in total. The summed E-state index contributed by atoms with van der Waals surface area (Å²) in [5.74, 6) is 1.39. The van der Waals surface area contributed by atoms with E-state index < -0.39 is 16.1 Å². The third-order valence-corrected chi connectivity index (χ3v) is 9.13.